The third kappa shape index (κ3) is 7.76. The molecule has 0 atom stereocenters. The summed E-state index contributed by atoms with van der Waals surface area (Å²) in [7, 11) is 1.67. The molecular formula is C20H27Cl3N2O2. The predicted molar refractivity (Wildman–Crippen MR) is 116 cm³/mol. The molecule has 0 bridgehead atoms. The molecule has 2 aromatic rings. The molecule has 1 heterocycles. The minimum Gasteiger partial charge on any atom is -0.497 e. The highest BCUT2D eigenvalue weighted by molar-refractivity contribution is 6.30. The van der Waals surface area contributed by atoms with Crippen LogP contribution in [0.1, 0.15) is 5.56 Å². The summed E-state index contributed by atoms with van der Waals surface area (Å²) in [5.74, 6) is 1.74. The number of halogens is 3. The second-order valence-electron chi connectivity index (χ2n) is 6.27. The first-order valence-electron chi connectivity index (χ1n) is 8.69. The SMILES string of the molecule is COc1ccc(OCCN2CCN(Cc3ccc(Cl)cc3)CC2)cc1.Cl.Cl. The van der Waals surface area contributed by atoms with E-state index in [1.807, 2.05) is 36.4 Å². The van der Waals surface area contributed by atoms with Crippen molar-refractivity contribution in [3.05, 3.63) is 59.1 Å². The summed E-state index contributed by atoms with van der Waals surface area (Å²) in [5.41, 5.74) is 1.32. The van der Waals surface area contributed by atoms with Crippen LogP contribution in [0.2, 0.25) is 5.02 Å². The van der Waals surface area contributed by atoms with Crippen LogP contribution in [0.15, 0.2) is 48.5 Å². The lowest BCUT2D eigenvalue weighted by Crippen LogP contribution is -2.47. The van der Waals surface area contributed by atoms with Gasteiger partial charge in [-0.05, 0) is 42.0 Å². The van der Waals surface area contributed by atoms with Crippen LogP contribution in [0.3, 0.4) is 0 Å². The number of hydrogen-bond acceptors (Lipinski definition) is 4. The Balaban J connectivity index is 0.00000182. The molecule has 0 unspecified atom stereocenters. The number of nitrogens with zero attached hydrogens (tertiary/aromatic N) is 2. The molecule has 3 rings (SSSR count). The normalized spacial score (nSPS) is 14.7. The maximum Gasteiger partial charge on any atom is 0.119 e. The second kappa shape index (κ2) is 12.3. The van der Waals surface area contributed by atoms with E-state index in [0.29, 0.717) is 6.61 Å². The van der Waals surface area contributed by atoms with E-state index >= 15 is 0 Å². The Morgan fingerprint density at radius 2 is 1.37 bits per heavy atom. The number of rotatable bonds is 7. The van der Waals surface area contributed by atoms with Crippen molar-refractivity contribution in [2.45, 2.75) is 6.54 Å². The second-order valence-corrected chi connectivity index (χ2v) is 6.70. The summed E-state index contributed by atoms with van der Waals surface area (Å²) >= 11 is 5.94. The van der Waals surface area contributed by atoms with Crippen molar-refractivity contribution in [2.75, 3.05) is 46.4 Å². The van der Waals surface area contributed by atoms with Gasteiger partial charge in [-0.2, -0.15) is 0 Å². The molecular weight excluding hydrogens is 407 g/mol. The van der Waals surface area contributed by atoms with Crippen molar-refractivity contribution >= 4 is 36.4 Å². The zero-order valence-electron chi connectivity index (χ0n) is 15.5. The molecule has 7 heteroatoms. The van der Waals surface area contributed by atoms with Gasteiger partial charge in [-0.1, -0.05) is 23.7 Å². The monoisotopic (exact) mass is 432 g/mol. The maximum absolute atomic E-state index is 5.94. The summed E-state index contributed by atoms with van der Waals surface area (Å²) in [5, 5.41) is 0.797. The van der Waals surface area contributed by atoms with Gasteiger partial charge in [-0.25, -0.2) is 0 Å². The van der Waals surface area contributed by atoms with Gasteiger partial charge in [0.05, 0.1) is 7.11 Å². The van der Waals surface area contributed by atoms with E-state index in [4.69, 9.17) is 21.1 Å². The number of hydrogen-bond donors (Lipinski definition) is 0. The van der Waals surface area contributed by atoms with E-state index < -0.39 is 0 Å². The van der Waals surface area contributed by atoms with Gasteiger partial charge in [0.25, 0.3) is 0 Å². The third-order valence-electron chi connectivity index (χ3n) is 4.52. The lowest BCUT2D eigenvalue weighted by molar-refractivity contribution is 0.112. The number of piperazine rings is 1. The van der Waals surface area contributed by atoms with Gasteiger partial charge in [-0.3, -0.25) is 9.80 Å². The minimum atomic E-state index is 0. The Morgan fingerprint density at radius 1 is 0.815 bits per heavy atom. The predicted octanol–water partition coefficient (Wildman–Crippen LogP) is 4.39. The van der Waals surface area contributed by atoms with Gasteiger partial charge >= 0.3 is 0 Å². The number of methoxy groups -OCH3 is 1. The molecule has 4 nitrogen and oxygen atoms in total. The fraction of sp³-hybridized carbons (Fsp3) is 0.400. The molecule has 0 N–H and O–H groups in total. The van der Waals surface area contributed by atoms with Crippen LogP contribution in [0.5, 0.6) is 11.5 Å². The maximum atomic E-state index is 5.94. The molecule has 0 radical (unpaired) electrons. The van der Waals surface area contributed by atoms with E-state index in [9.17, 15) is 0 Å². The van der Waals surface area contributed by atoms with Crippen LogP contribution >= 0.6 is 36.4 Å². The first-order valence-corrected chi connectivity index (χ1v) is 9.07. The van der Waals surface area contributed by atoms with E-state index in [1.54, 1.807) is 7.11 Å². The largest absolute Gasteiger partial charge is 0.497 e. The Morgan fingerprint density at radius 3 is 1.96 bits per heavy atom. The number of ether oxygens (including phenoxy) is 2. The van der Waals surface area contributed by atoms with Crippen LogP contribution in [-0.2, 0) is 6.54 Å². The number of benzene rings is 2. The van der Waals surface area contributed by atoms with E-state index in [-0.39, 0.29) is 24.8 Å². The Kier molecular flexibility index (Phi) is 10.9. The zero-order chi connectivity index (χ0) is 17.5. The van der Waals surface area contributed by atoms with Crippen molar-refractivity contribution in [3.63, 3.8) is 0 Å². The standard InChI is InChI=1S/C20H25ClN2O2.2ClH/c1-24-19-6-8-20(9-7-19)25-15-14-22-10-12-23(13-11-22)16-17-2-4-18(21)5-3-17;;/h2-9H,10-16H2,1H3;2*1H. The molecule has 1 saturated heterocycles. The fourth-order valence-corrected chi connectivity index (χ4v) is 3.11. The third-order valence-corrected chi connectivity index (χ3v) is 4.77. The highest BCUT2D eigenvalue weighted by Gasteiger charge is 2.16. The van der Waals surface area contributed by atoms with Crippen LogP contribution in [0.25, 0.3) is 0 Å². The molecule has 2 aromatic carbocycles. The fourth-order valence-electron chi connectivity index (χ4n) is 2.98. The smallest absolute Gasteiger partial charge is 0.119 e. The van der Waals surface area contributed by atoms with Crippen molar-refractivity contribution < 1.29 is 9.47 Å². The van der Waals surface area contributed by atoms with Gasteiger partial charge in [0, 0.05) is 44.3 Å². The van der Waals surface area contributed by atoms with Gasteiger partial charge < -0.3 is 9.47 Å². The highest BCUT2D eigenvalue weighted by Crippen LogP contribution is 2.17. The summed E-state index contributed by atoms with van der Waals surface area (Å²) in [6.45, 7) is 7.01. The van der Waals surface area contributed by atoms with Crippen molar-refractivity contribution in [1.29, 1.82) is 0 Å². The van der Waals surface area contributed by atoms with E-state index in [2.05, 4.69) is 21.9 Å². The topological polar surface area (TPSA) is 24.9 Å². The van der Waals surface area contributed by atoms with E-state index in [1.165, 1.54) is 5.56 Å². The molecule has 0 saturated carbocycles. The molecule has 0 amide bonds. The van der Waals surface area contributed by atoms with Gasteiger partial charge in [0.2, 0.25) is 0 Å². The van der Waals surface area contributed by atoms with Crippen molar-refractivity contribution in [1.82, 2.24) is 9.80 Å². The highest BCUT2D eigenvalue weighted by atomic mass is 35.5. The van der Waals surface area contributed by atoms with E-state index in [0.717, 1.165) is 55.8 Å². The molecule has 1 fully saturated rings. The first kappa shape index (κ1) is 23.9. The van der Waals surface area contributed by atoms with Gasteiger partial charge in [0.15, 0.2) is 0 Å². The van der Waals surface area contributed by atoms with Crippen molar-refractivity contribution in [2.24, 2.45) is 0 Å². The Hall–Kier alpha value is -1.17. The summed E-state index contributed by atoms with van der Waals surface area (Å²) < 4.78 is 11.0. The molecule has 27 heavy (non-hydrogen) atoms. The first-order chi connectivity index (χ1) is 12.2. The van der Waals surface area contributed by atoms with Crippen molar-refractivity contribution in [3.8, 4) is 11.5 Å². The molecule has 0 aromatic heterocycles. The summed E-state index contributed by atoms with van der Waals surface area (Å²) in [6.07, 6.45) is 0. The van der Waals surface area contributed by atoms with Gasteiger partial charge in [0.1, 0.15) is 18.1 Å². The molecule has 0 spiro atoms. The minimum absolute atomic E-state index is 0. The van der Waals surface area contributed by atoms with Crippen LogP contribution in [-0.4, -0.2) is 56.2 Å². The van der Waals surface area contributed by atoms with Crippen LogP contribution in [0.4, 0.5) is 0 Å². The summed E-state index contributed by atoms with van der Waals surface area (Å²) in [6, 6.07) is 15.9. The quantitative estimate of drug-likeness (QED) is 0.646. The van der Waals surface area contributed by atoms with Crippen LogP contribution < -0.4 is 9.47 Å². The van der Waals surface area contributed by atoms with Gasteiger partial charge in [-0.15, -0.1) is 24.8 Å². The molecule has 1 aliphatic heterocycles. The zero-order valence-corrected chi connectivity index (χ0v) is 17.9. The lowest BCUT2D eigenvalue weighted by atomic mass is 10.2. The summed E-state index contributed by atoms with van der Waals surface area (Å²) in [4.78, 5) is 4.95. The molecule has 0 aliphatic carbocycles. The Bertz CT molecular complexity index is 645. The molecule has 1 aliphatic rings. The average molecular weight is 434 g/mol. The lowest BCUT2D eigenvalue weighted by Gasteiger charge is -2.34. The molecule has 150 valence electrons. The van der Waals surface area contributed by atoms with Crippen LogP contribution in [0, 0.1) is 0 Å². The Labute approximate surface area is 179 Å². The average Bonchev–Trinajstić information content (AvgIpc) is 2.66.